The Morgan fingerprint density at radius 1 is 1.25 bits per heavy atom. The number of hydrogen-bond acceptors (Lipinski definition) is 3. The van der Waals surface area contributed by atoms with Crippen molar-refractivity contribution in [2.24, 2.45) is 0 Å². The maximum Gasteiger partial charge on any atom is 0.408 e. The van der Waals surface area contributed by atoms with Gasteiger partial charge in [0, 0.05) is 6.42 Å². The second-order valence-electron chi connectivity index (χ2n) is 5.07. The van der Waals surface area contributed by atoms with E-state index in [0.717, 1.165) is 10.5 Å². The lowest BCUT2D eigenvalue weighted by molar-refractivity contribution is -0.149. The fraction of sp³-hybridized carbons (Fsp3) is 0.429. The molecule has 0 aromatic heterocycles. The first-order valence-electron chi connectivity index (χ1n) is 6.41. The predicted molar refractivity (Wildman–Crippen MR) is 70.5 cm³/mol. The SMILES string of the molecule is O=C(O)N1C[C@H](O)C[C@@]1(CCc1ccccc1)C(=O)O. The van der Waals surface area contributed by atoms with Crippen LogP contribution in [0.5, 0.6) is 0 Å². The Kier molecular flexibility index (Phi) is 3.94. The van der Waals surface area contributed by atoms with Crippen LogP contribution in [-0.4, -0.2) is 50.5 Å². The van der Waals surface area contributed by atoms with E-state index in [1.165, 1.54) is 0 Å². The fourth-order valence-corrected chi connectivity index (χ4v) is 2.75. The van der Waals surface area contributed by atoms with Gasteiger partial charge in [-0.15, -0.1) is 0 Å². The minimum absolute atomic E-state index is 0.0680. The van der Waals surface area contributed by atoms with Crippen LogP contribution >= 0.6 is 0 Å². The van der Waals surface area contributed by atoms with Crippen LogP contribution in [0, 0.1) is 0 Å². The number of carboxylic acids is 1. The number of aliphatic carboxylic acids is 1. The normalized spacial score (nSPS) is 25.6. The molecule has 1 heterocycles. The smallest absolute Gasteiger partial charge is 0.408 e. The van der Waals surface area contributed by atoms with E-state index in [0.29, 0.717) is 6.42 Å². The van der Waals surface area contributed by atoms with Crippen molar-refractivity contribution >= 4 is 12.1 Å². The molecule has 1 aliphatic rings. The molecule has 1 amide bonds. The van der Waals surface area contributed by atoms with E-state index in [1.807, 2.05) is 30.3 Å². The third kappa shape index (κ3) is 2.60. The third-order valence-corrected chi connectivity index (χ3v) is 3.78. The first-order valence-corrected chi connectivity index (χ1v) is 6.41. The highest BCUT2D eigenvalue weighted by Crippen LogP contribution is 2.34. The molecule has 0 aliphatic carbocycles. The summed E-state index contributed by atoms with van der Waals surface area (Å²) >= 11 is 0. The quantitative estimate of drug-likeness (QED) is 0.769. The van der Waals surface area contributed by atoms with E-state index in [9.17, 15) is 19.8 Å². The van der Waals surface area contributed by atoms with Gasteiger partial charge in [-0.1, -0.05) is 30.3 Å². The number of nitrogens with zero attached hydrogens (tertiary/aromatic N) is 1. The van der Waals surface area contributed by atoms with Crippen molar-refractivity contribution < 1.29 is 24.9 Å². The molecule has 0 spiro atoms. The first-order chi connectivity index (χ1) is 9.45. The van der Waals surface area contributed by atoms with Crippen molar-refractivity contribution in [3.63, 3.8) is 0 Å². The van der Waals surface area contributed by atoms with Gasteiger partial charge in [-0.05, 0) is 18.4 Å². The Hall–Kier alpha value is -2.08. The number of aliphatic hydroxyl groups is 1. The summed E-state index contributed by atoms with van der Waals surface area (Å²) in [6, 6.07) is 9.29. The molecule has 2 rings (SSSR count). The summed E-state index contributed by atoms with van der Waals surface area (Å²) in [6.07, 6.45) is -1.71. The van der Waals surface area contributed by atoms with Gasteiger partial charge < -0.3 is 15.3 Å². The summed E-state index contributed by atoms with van der Waals surface area (Å²) < 4.78 is 0. The van der Waals surface area contributed by atoms with Gasteiger partial charge in [0.2, 0.25) is 0 Å². The molecule has 0 bridgehead atoms. The Morgan fingerprint density at radius 3 is 2.45 bits per heavy atom. The van der Waals surface area contributed by atoms with Crippen LogP contribution in [-0.2, 0) is 11.2 Å². The maximum atomic E-state index is 11.6. The van der Waals surface area contributed by atoms with Gasteiger partial charge in [-0.2, -0.15) is 0 Å². The van der Waals surface area contributed by atoms with Gasteiger partial charge in [0.25, 0.3) is 0 Å². The minimum Gasteiger partial charge on any atom is -0.479 e. The van der Waals surface area contributed by atoms with E-state index in [-0.39, 0.29) is 19.4 Å². The second-order valence-corrected chi connectivity index (χ2v) is 5.07. The zero-order valence-corrected chi connectivity index (χ0v) is 10.9. The number of aliphatic hydroxyl groups excluding tert-OH is 1. The maximum absolute atomic E-state index is 11.6. The lowest BCUT2D eigenvalue weighted by Crippen LogP contribution is -2.53. The molecule has 6 nitrogen and oxygen atoms in total. The van der Waals surface area contributed by atoms with Crippen molar-refractivity contribution in [3.05, 3.63) is 35.9 Å². The van der Waals surface area contributed by atoms with E-state index in [1.54, 1.807) is 0 Å². The number of benzene rings is 1. The number of hydrogen-bond donors (Lipinski definition) is 3. The van der Waals surface area contributed by atoms with Crippen molar-refractivity contribution in [1.29, 1.82) is 0 Å². The molecule has 2 atom stereocenters. The van der Waals surface area contributed by atoms with Gasteiger partial charge in [0.1, 0.15) is 5.54 Å². The van der Waals surface area contributed by atoms with E-state index in [4.69, 9.17) is 5.11 Å². The summed E-state index contributed by atoms with van der Waals surface area (Å²) in [5, 5.41) is 28.3. The average Bonchev–Trinajstić information content (AvgIpc) is 2.76. The van der Waals surface area contributed by atoms with Gasteiger partial charge in [-0.25, -0.2) is 9.59 Å². The summed E-state index contributed by atoms with van der Waals surface area (Å²) in [5.41, 5.74) is -0.596. The van der Waals surface area contributed by atoms with Gasteiger partial charge in [0.05, 0.1) is 12.6 Å². The molecule has 0 saturated carbocycles. The molecule has 0 radical (unpaired) electrons. The molecule has 6 heteroatoms. The monoisotopic (exact) mass is 279 g/mol. The van der Waals surface area contributed by atoms with Crippen molar-refractivity contribution in [2.75, 3.05) is 6.54 Å². The molecule has 20 heavy (non-hydrogen) atoms. The van der Waals surface area contributed by atoms with Crippen molar-refractivity contribution in [1.82, 2.24) is 4.90 Å². The molecule has 108 valence electrons. The molecule has 1 aromatic carbocycles. The molecule has 1 aromatic rings. The lowest BCUT2D eigenvalue weighted by atomic mass is 9.88. The number of amides is 1. The van der Waals surface area contributed by atoms with Crippen LogP contribution in [0.1, 0.15) is 18.4 Å². The van der Waals surface area contributed by atoms with Crippen LogP contribution < -0.4 is 0 Å². The van der Waals surface area contributed by atoms with Crippen LogP contribution in [0.3, 0.4) is 0 Å². The number of carboxylic acid groups (broad SMARTS) is 2. The Morgan fingerprint density at radius 2 is 1.90 bits per heavy atom. The second kappa shape index (κ2) is 5.50. The van der Waals surface area contributed by atoms with Gasteiger partial charge in [0.15, 0.2) is 0 Å². The Balaban J connectivity index is 2.21. The number of likely N-dealkylation sites (tertiary alicyclic amines) is 1. The molecular weight excluding hydrogens is 262 g/mol. The third-order valence-electron chi connectivity index (χ3n) is 3.78. The highest BCUT2D eigenvalue weighted by Gasteiger charge is 2.53. The van der Waals surface area contributed by atoms with Crippen LogP contribution in [0.25, 0.3) is 0 Å². The molecular formula is C14H17NO5. The molecule has 0 unspecified atom stereocenters. The minimum atomic E-state index is -1.54. The van der Waals surface area contributed by atoms with Crippen LogP contribution in [0.4, 0.5) is 4.79 Å². The topological polar surface area (TPSA) is 98.1 Å². The fourth-order valence-electron chi connectivity index (χ4n) is 2.75. The summed E-state index contributed by atoms with van der Waals surface area (Å²) in [7, 11) is 0. The largest absolute Gasteiger partial charge is 0.479 e. The van der Waals surface area contributed by atoms with Gasteiger partial charge >= 0.3 is 12.1 Å². The lowest BCUT2D eigenvalue weighted by Gasteiger charge is -2.32. The number of aryl methyl sites for hydroxylation is 1. The Labute approximate surface area is 116 Å². The highest BCUT2D eigenvalue weighted by atomic mass is 16.4. The van der Waals surface area contributed by atoms with Gasteiger partial charge in [-0.3, -0.25) is 4.90 Å². The highest BCUT2D eigenvalue weighted by molar-refractivity contribution is 5.84. The number of carbonyl (C=O) groups is 2. The first kappa shape index (κ1) is 14.3. The van der Waals surface area contributed by atoms with Crippen molar-refractivity contribution in [2.45, 2.75) is 30.9 Å². The molecule has 3 N–H and O–H groups in total. The van der Waals surface area contributed by atoms with E-state index in [2.05, 4.69) is 0 Å². The van der Waals surface area contributed by atoms with Crippen LogP contribution in [0.2, 0.25) is 0 Å². The zero-order valence-electron chi connectivity index (χ0n) is 10.9. The predicted octanol–water partition coefficient (Wildman–Crippen LogP) is 1.19. The zero-order chi connectivity index (χ0) is 14.8. The molecule has 1 fully saturated rings. The Bertz CT molecular complexity index is 504. The number of rotatable bonds is 4. The summed E-state index contributed by atoms with van der Waals surface area (Å²) in [5.74, 6) is -1.20. The van der Waals surface area contributed by atoms with Crippen LogP contribution in [0.15, 0.2) is 30.3 Å². The summed E-state index contributed by atoms with van der Waals surface area (Å²) in [4.78, 5) is 23.7. The molecule has 1 saturated heterocycles. The van der Waals surface area contributed by atoms with E-state index >= 15 is 0 Å². The summed E-state index contributed by atoms with van der Waals surface area (Å²) in [6.45, 7) is -0.156. The average molecular weight is 279 g/mol. The standard InChI is InChI=1S/C14H17NO5/c16-11-8-14(12(17)18,15(9-11)13(19)20)7-6-10-4-2-1-3-5-10/h1-5,11,16H,6-9H2,(H,17,18)(H,19,20)/t11-,14+/m1/s1. The molecule has 1 aliphatic heterocycles. The van der Waals surface area contributed by atoms with Crippen molar-refractivity contribution in [3.8, 4) is 0 Å². The van der Waals surface area contributed by atoms with E-state index < -0.39 is 23.7 Å². The number of β-amino-alcohol motifs (C(OH)–C–C–N with tert-alkyl or cyclic N) is 1.